The minimum Gasteiger partial charge on any atom is -0.492 e. The number of halogens is 4. The predicted molar refractivity (Wildman–Crippen MR) is 152 cm³/mol. The number of amides is 1. The van der Waals surface area contributed by atoms with Gasteiger partial charge in [0.25, 0.3) is 5.91 Å². The Morgan fingerprint density at radius 2 is 1.93 bits per heavy atom. The largest absolute Gasteiger partial charge is 0.492 e. The fraction of sp³-hybridized carbons (Fsp3) is 0.267. The van der Waals surface area contributed by atoms with Gasteiger partial charge in [-0.15, -0.1) is 0 Å². The molecule has 2 aromatic carbocycles. The first kappa shape index (κ1) is 29.7. The Hall–Kier alpha value is -4.78. The number of hydrogen-bond acceptors (Lipinski definition) is 8. The molecule has 0 saturated carbocycles. The third-order valence-corrected chi connectivity index (χ3v) is 6.83. The monoisotopic (exact) mass is 596 g/mol. The lowest BCUT2D eigenvalue weighted by molar-refractivity contribution is -0.137. The zero-order valence-corrected chi connectivity index (χ0v) is 23.3. The summed E-state index contributed by atoms with van der Waals surface area (Å²) in [6, 6.07) is 11.3. The minimum atomic E-state index is -4.68. The van der Waals surface area contributed by atoms with Crippen molar-refractivity contribution in [2.45, 2.75) is 31.5 Å². The van der Waals surface area contributed by atoms with Gasteiger partial charge in [-0.2, -0.15) is 13.2 Å². The molecule has 224 valence electrons. The van der Waals surface area contributed by atoms with E-state index < -0.39 is 23.5 Å². The number of ether oxygens (including phenoxy) is 2. The van der Waals surface area contributed by atoms with Gasteiger partial charge in [0.05, 0.1) is 16.8 Å². The van der Waals surface area contributed by atoms with Crippen molar-refractivity contribution in [3.05, 3.63) is 83.9 Å². The summed E-state index contributed by atoms with van der Waals surface area (Å²) < 4.78 is 67.3. The zero-order chi connectivity index (χ0) is 30.6. The molecule has 0 bridgehead atoms. The zero-order valence-electron chi connectivity index (χ0n) is 23.3. The number of rotatable bonds is 9. The van der Waals surface area contributed by atoms with Crippen LogP contribution in [-0.2, 0) is 6.18 Å². The van der Waals surface area contributed by atoms with E-state index in [2.05, 4.69) is 30.9 Å². The molecule has 2 aromatic heterocycles. The molecule has 0 radical (unpaired) electrons. The molecular weight excluding hydrogens is 568 g/mol. The molecule has 43 heavy (non-hydrogen) atoms. The van der Waals surface area contributed by atoms with Crippen LogP contribution in [0.25, 0.3) is 11.3 Å². The molecule has 0 spiro atoms. The molecular formula is C30H28F4N6O3. The van der Waals surface area contributed by atoms with Gasteiger partial charge in [0.1, 0.15) is 12.4 Å². The topological polar surface area (TPSA) is 110 Å². The van der Waals surface area contributed by atoms with Gasteiger partial charge in [-0.05, 0) is 74.8 Å². The smallest absolute Gasteiger partial charge is 0.416 e. The van der Waals surface area contributed by atoms with Gasteiger partial charge in [0.2, 0.25) is 11.8 Å². The molecule has 1 saturated heterocycles. The maximum atomic E-state index is 14.8. The van der Waals surface area contributed by atoms with Crippen LogP contribution < -0.4 is 25.4 Å². The minimum absolute atomic E-state index is 0.0184. The van der Waals surface area contributed by atoms with Crippen molar-refractivity contribution in [2.75, 3.05) is 30.8 Å². The summed E-state index contributed by atoms with van der Waals surface area (Å²) in [5.74, 6) is -1.56. The molecule has 1 aliphatic rings. The Bertz CT molecular complexity index is 1630. The molecule has 3 heterocycles. The number of carbonyl (C=O) groups is 1. The molecule has 3 N–H and O–H groups in total. The second-order valence-electron chi connectivity index (χ2n) is 10.2. The molecule has 1 atom stereocenters. The van der Waals surface area contributed by atoms with Crippen LogP contribution in [0.2, 0.25) is 0 Å². The van der Waals surface area contributed by atoms with Crippen molar-refractivity contribution in [1.29, 1.82) is 0 Å². The number of benzene rings is 2. The van der Waals surface area contributed by atoms with Crippen LogP contribution in [0.15, 0.2) is 67.0 Å². The SMILES string of the molecule is CNc1nccc(-c2cccnc2Oc2cc(C(=O)Nc3cc(OC[C@]4(C)CCCN4)cc(C(F)(F)F)c3)ccc2F)n1. The quantitative estimate of drug-likeness (QED) is 0.193. The average molecular weight is 597 g/mol. The number of anilines is 2. The van der Waals surface area contributed by atoms with Crippen LogP contribution in [0.5, 0.6) is 17.4 Å². The lowest BCUT2D eigenvalue weighted by atomic mass is 10.0. The number of nitrogens with one attached hydrogen (secondary N) is 3. The van der Waals surface area contributed by atoms with E-state index in [0.717, 1.165) is 43.7 Å². The van der Waals surface area contributed by atoms with E-state index >= 15 is 0 Å². The molecule has 1 fully saturated rings. The third-order valence-electron chi connectivity index (χ3n) is 6.83. The molecule has 0 unspecified atom stereocenters. The van der Waals surface area contributed by atoms with Crippen LogP contribution in [0.3, 0.4) is 0 Å². The summed E-state index contributed by atoms with van der Waals surface area (Å²) in [7, 11) is 1.66. The van der Waals surface area contributed by atoms with E-state index in [4.69, 9.17) is 9.47 Å². The van der Waals surface area contributed by atoms with E-state index in [1.807, 2.05) is 6.92 Å². The van der Waals surface area contributed by atoms with Crippen LogP contribution >= 0.6 is 0 Å². The van der Waals surface area contributed by atoms with Gasteiger partial charge in [-0.3, -0.25) is 4.79 Å². The molecule has 4 aromatic rings. The maximum absolute atomic E-state index is 14.8. The lowest BCUT2D eigenvalue weighted by Crippen LogP contribution is -2.42. The normalized spacial score (nSPS) is 16.5. The summed E-state index contributed by atoms with van der Waals surface area (Å²) in [6.45, 7) is 2.89. The first-order valence-corrected chi connectivity index (χ1v) is 13.4. The molecule has 9 nitrogen and oxygen atoms in total. The Morgan fingerprint density at radius 1 is 1.09 bits per heavy atom. The second-order valence-corrected chi connectivity index (χ2v) is 10.2. The number of nitrogens with zero attached hydrogens (tertiary/aromatic N) is 3. The van der Waals surface area contributed by atoms with Crippen molar-refractivity contribution in [3.63, 3.8) is 0 Å². The highest BCUT2D eigenvalue weighted by molar-refractivity contribution is 6.04. The van der Waals surface area contributed by atoms with E-state index in [1.54, 1.807) is 25.2 Å². The van der Waals surface area contributed by atoms with Gasteiger partial charge in [-0.25, -0.2) is 19.3 Å². The summed E-state index contributed by atoms with van der Waals surface area (Å²) in [6.07, 6.45) is 0.0626. The summed E-state index contributed by atoms with van der Waals surface area (Å²) in [5.41, 5.74) is -0.649. The second kappa shape index (κ2) is 12.2. The van der Waals surface area contributed by atoms with Crippen LogP contribution in [0.4, 0.5) is 29.2 Å². The Kier molecular flexibility index (Phi) is 8.44. The predicted octanol–water partition coefficient (Wildman–Crippen LogP) is 6.30. The number of hydrogen-bond donors (Lipinski definition) is 3. The van der Waals surface area contributed by atoms with Gasteiger partial charge in [0.15, 0.2) is 11.6 Å². The van der Waals surface area contributed by atoms with Gasteiger partial charge >= 0.3 is 6.18 Å². The lowest BCUT2D eigenvalue weighted by Gasteiger charge is -2.25. The first-order chi connectivity index (χ1) is 20.5. The first-order valence-electron chi connectivity index (χ1n) is 13.4. The van der Waals surface area contributed by atoms with Crippen molar-refractivity contribution >= 4 is 17.5 Å². The fourth-order valence-electron chi connectivity index (χ4n) is 4.57. The number of pyridine rings is 1. The highest BCUT2D eigenvalue weighted by Crippen LogP contribution is 2.36. The van der Waals surface area contributed by atoms with Crippen LogP contribution in [0.1, 0.15) is 35.7 Å². The Labute approximate surface area is 244 Å². The number of alkyl halides is 3. The highest BCUT2D eigenvalue weighted by atomic mass is 19.4. The molecule has 5 rings (SSSR count). The van der Waals surface area contributed by atoms with Crippen molar-refractivity contribution in [3.8, 4) is 28.6 Å². The van der Waals surface area contributed by atoms with Gasteiger partial charge in [0, 0.05) is 42.3 Å². The summed E-state index contributed by atoms with van der Waals surface area (Å²) in [4.78, 5) is 25.7. The summed E-state index contributed by atoms with van der Waals surface area (Å²) >= 11 is 0. The van der Waals surface area contributed by atoms with E-state index in [1.165, 1.54) is 24.5 Å². The van der Waals surface area contributed by atoms with Crippen molar-refractivity contribution < 1.29 is 31.8 Å². The number of carbonyl (C=O) groups excluding carboxylic acids is 1. The number of aromatic nitrogens is 3. The van der Waals surface area contributed by atoms with Crippen LogP contribution in [0, 0.1) is 5.82 Å². The van der Waals surface area contributed by atoms with Gasteiger partial charge in [-0.1, -0.05) is 0 Å². The van der Waals surface area contributed by atoms with Crippen molar-refractivity contribution in [2.24, 2.45) is 0 Å². The van der Waals surface area contributed by atoms with E-state index in [9.17, 15) is 22.4 Å². The molecule has 0 aliphatic carbocycles. The van der Waals surface area contributed by atoms with Crippen LogP contribution in [-0.4, -0.2) is 46.6 Å². The highest BCUT2D eigenvalue weighted by Gasteiger charge is 2.33. The molecule has 13 heteroatoms. The molecule has 1 amide bonds. The molecule has 1 aliphatic heterocycles. The van der Waals surface area contributed by atoms with Gasteiger partial charge < -0.3 is 25.4 Å². The maximum Gasteiger partial charge on any atom is 0.416 e. The average Bonchev–Trinajstić information content (AvgIpc) is 3.43. The Balaban J connectivity index is 1.38. The van der Waals surface area contributed by atoms with E-state index in [-0.39, 0.29) is 40.8 Å². The van der Waals surface area contributed by atoms with E-state index in [0.29, 0.717) is 17.2 Å². The fourth-order valence-corrected chi connectivity index (χ4v) is 4.57. The summed E-state index contributed by atoms with van der Waals surface area (Å²) in [5, 5.41) is 8.58. The Morgan fingerprint density at radius 3 is 2.67 bits per heavy atom. The van der Waals surface area contributed by atoms with Crippen molar-refractivity contribution in [1.82, 2.24) is 20.3 Å². The third kappa shape index (κ3) is 7.17. The standard InChI is InChI=1S/C30H28F4N6O3/c1-29(9-4-11-38-29)17-42-21-15-19(30(32,33)34)14-20(16-21)39-26(41)18-6-7-23(31)25(13-18)43-27-22(5-3-10-36-27)24-8-12-37-28(35-2)40-24/h3,5-8,10,12-16,38H,4,9,11,17H2,1-2H3,(H,39,41)(H,35,37,40)/t29-/m0/s1.